The lowest BCUT2D eigenvalue weighted by Gasteiger charge is -2.23. The van der Waals surface area contributed by atoms with E-state index in [9.17, 15) is 0 Å². The van der Waals surface area contributed by atoms with Crippen LogP contribution in [0.5, 0.6) is 0 Å². The molecule has 0 aliphatic carbocycles. The van der Waals surface area contributed by atoms with Crippen molar-refractivity contribution >= 4 is 17.3 Å². The number of thiazole rings is 1. The van der Waals surface area contributed by atoms with Gasteiger partial charge in [-0.3, -0.25) is 0 Å². The van der Waals surface area contributed by atoms with Crippen molar-refractivity contribution in [2.24, 2.45) is 10.4 Å². The molecule has 1 aromatic heterocycles. The quantitative estimate of drug-likeness (QED) is 0.622. The highest BCUT2D eigenvalue weighted by molar-refractivity contribution is 7.11. The zero-order chi connectivity index (χ0) is 15.9. The molecule has 0 saturated carbocycles. The lowest BCUT2D eigenvalue weighted by Crippen LogP contribution is -2.42. The summed E-state index contributed by atoms with van der Waals surface area (Å²) in [6.07, 6.45) is 4.25. The van der Waals surface area contributed by atoms with E-state index in [0.717, 1.165) is 23.9 Å². The number of nitrogens with zero attached hydrogens (tertiary/aromatic N) is 2. The molecule has 4 nitrogen and oxygen atoms in total. The minimum atomic E-state index is 0.379. The Labute approximate surface area is 133 Å². The van der Waals surface area contributed by atoms with Crippen LogP contribution in [-0.4, -0.2) is 23.5 Å². The van der Waals surface area contributed by atoms with Crippen molar-refractivity contribution in [1.82, 2.24) is 15.6 Å². The summed E-state index contributed by atoms with van der Waals surface area (Å²) in [6, 6.07) is 0.417. The van der Waals surface area contributed by atoms with Gasteiger partial charge >= 0.3 is 0 Å². The van der Waals surface area contributed by atoms with E-state index in [1.54, 1.807) is 11.3 Å². The zero-order valence-corrected chi connectivity index (χ0v) is 15.1. The molecule has 0 bridgehead atoms. The maximum absolute atomic E-state index is 4.62. The number of nitrogens with one attached hydrogen (secondary N) is 2. The van der Waals surface area contributed by atoms with E-state index in [-0.39, 0.29) is 0 Å². The highest BCUT2D eigenvalue weighted by atomic mass is 32.1. The fraction of sp³-hybridized carbons (Fsp3) is 0.750. The van der Waals surface area contributed by atoms with Gasteiger partial charge in [0.1, 0.15) is 5.01 Å². The number of aromatic nitrogens is 1. The summed E-state index contributed by atoms with van der Waals surface area (Å²) in [4.78, 5) is 10.2. The van der Waals surface area contributed by atoms with Crippen molar-refractivity contribution in [2.45, 2.75) is 67.0 Å². The summed E-state index contributed by atoms with van der Waals surface area (Å²) in [5.41, 5.74) is 0.379. The third kappa shape index (κ3) is 8.05. The monoisotopic (exact) mass is 310 g/mol. The van der Waals surface area contributed by atoms with Gasteiger partial charge in [0.05, 0.1) is 6.54 Å². The molecule has 0 spiro atoms. The summed E-state index contributed by atoms with van der Waals surface area (Å²) in [5, 5.41) is 7.85. The van der Waals surface area contributed by atoms with Gasteiger partial charge in [0.25, 0.3) is 0 Å². The maximum atomic E-state index is 4.62. The molecule has 0 saturated heterocycles. The van der Waals surface area contributed by atoms with Gasteiger partial charge in [-0.05, 0) is 39.0 Å². The third-order valence-corrected chi connectivity index (χ3v) is 3.99. The standard InChI is InChI=1S/C16H30N4S/c1-7-17-15(19-11-14-18-10-13(3)21-14)20-12(2)8-9-16(4,5)6/h10,12H,7-9,11H2,1-6H3,(H2,17,19,20). The van der Waals surface area contributed by atoms with Gasteiger partial charge in [-0.1, -0.05) is 20.8 Å². The molecule has 1 aromatic rings. The molecule has 0 amide bonds. The molecule has 0 radical (unpaired) electrons. The zero-order valence-electron chi connectivity index (χ0n) is 14.3. The maximum Gasteiger partial charge on any atom is 0.191 e. The Balaban J connectivity index is 2.51. The first-order valence-electron chi connectivity index (χ1n) is 7.76. The first-order chi connectivity index (χ1) is 9.80. The molecule has 1 atom stereocenters. The number of hydrogen-bond acceptors (Lipinski definition) is 3. The van der Waals surface area contributed by atoms with Gasteiger partial charge in [-0.15, -0.1) is 11.3 Å². The van der Waals surface area contributed by atoms with E-state index in [0.29, 0.717) is 18.0 Å². The van der Waals surface area contributed by atoms with E-state index in [1.807, 2.05) is 6.20 Å². The van der Waals surface area contributed by atoms with Crippen molar-refractivity contribution in [3.05, 3.63) is 16.1 Å². The fourth-order valence-corrected chi connectivity index (χ4v) is 2.61. The summed E-state index contributed by atoms with van der Waals surface area (Å²) in [6.45, 7) is 14.7. The Morgan fingerprint density at radius 2 is 2.14 bits per heavy atom. The highest BCUT2D eigenvalue weighted by Gasteiger charge is 2.13. The van der Waals surface area contributed by atoms with Crippen LogP contribution in [0.15, 0.2) is 11.2 Å². The molecule has 0 aliphatic heterocycles. The Morgan fingerprint density at radius 1 is 1.43 bits per heavy atom. The average molecular weight is 311 g/mol. The Kier molecular flexibility index (Phi) is 7.15. The smallest absolute Gasteiger partial charge is 0.191 e. The van der Waals surface area contributed by atoms with Gasteiger partial charge in [-0.2, -0.15) is 0 Å². The van der Waals surface area contributed by atoms with Crippen LogP contribution in [0.3, 0.4) is 0 Å². The molecule has 1 rings (SSSR count). The van der Waals surface area contributed by atoms with Crippen LogP contribution in [0.1, 0.15) is 57.3 Å². The minimum Gasteiger partial charge on any atom is -0.357 e. The molecule has 2 N–H and O–H groups in total. The lowest BCUT2D eigenvalue weighted by atomic mass is 9.89. The van der Waals surface area contributed by atoms with Crippen LogP contribution in [0.4, 0.5) is 0 Å². The molecular formula is C16H30N4S. The SMILES string of the molecule is CCNC(=NCc1ncc(C)s1)NC(C)CCC(C)(C)C. The molecule has 120 valence electrons. The molecule has 0 aromatic carbocycles. The number of hydrogen-bond donors (Lipinski definition) is 2. The first-order valence-corrected chi connectivity index (χ1v) is 8.58. The second kappa shape index (κ2) is 8.37. The van der Waals surface area contributed by atoms with Crippen LogP contribution in [0, 0.1) is 12.3 Å². The highest BCUT2D eigenvalue weighted by Crippen LogP contribution is 2.21. The summed E-state index contributed by atoms with van der Waals surface area (Å²) in [7, 11) is 0. The molecular weight excluding hydrogens is 280 g/mol. The van der Waals surface area contributed by atoms with Gasteiger partial charge in [0.15, 0.2) is 5.96 Å². The number of guanidine groups is 1. The van der Waals surface area contributed by atoms with Gasteiger partial charge in [-0.25, -0.2) is 9.98 Å². The van der Waals surface area contributed by atoms with Crippen molar-refractivity contribution < 1.29 is 0 Å². The van der Waals surface area contributed by atoms with Crippen LogP contribution < -0.4 is 10.6 Å². The predicted octanol–water partition coefficient (Wildman–Crippen LogP) is 3.72. The topological polar surface area (TPSA) is 49.3 Å². The van der Waals surface area contributed by atoms with Crippen LogP contribution >= 0.6 is 11.3 Å². The fourth-order valence-electron chi connectivity index (χ4n) is 1.90. The Hall–Kier alpha value is -1.10. The summed E-state index contributed by atoms with van der Waals surface area (Å²) in [5.74, 6) is 0.881. The third-order valence-electron chi connectivity index (χ3n) is 3.10. The summed E-state index contributed by atoms with van der Waals surface area (Å²) < 4.78 is 0. The minimum absolute atomic E-state index is 0.379. The molecule has 21 heavy (non-hydrogen) atoms. The van der Waals surface area contributed by atoms with E-state index < -0.39 is 0 Å². The molecule has 1 unspecified atom stereocenters. The van der Waals surface area contributed by atoms with E-state index in [1.165, 1.54) is 11.3 Å². The van der Waals surface area contributed by atoms with Crippen LogP contribution in [0.25, 0.3) is 0 Å². The Morgan fingerprint density at radius 3 is 2.67 bits per heavy atom. The first kappa shape index (κ1) is 18.0. The lowest BCUT2D eigenvalue weighted by molar-refractivity contribution is 0.346. The number of aliphatic imine (C=N–C) groups is 1. The largest absolute Gasteiger partial charge is 0.357 e. The van der Waals surface area contributed by atoms with Gasteiger partial charge < -0.3 is 10.6 Å². The Bertz CT molecular complexity index is 445. The molecule has 1 heterocycles. The average Bonchev–Trinajstić information content (AvgIpc) is 2.79. The van der Waals surface area contributed by atoms with Crippen LogP contribution in [0.2, 0.25) is 0 Å². The second-order valence-corrected chi connectivity index (χ2v) is 8.02. The second-order valence-electron chi connectivity index (χ2n) is 6.70. The predicted molar refractivity (Wildman–Crippen MR) is 93.0 cm³/mol. The van der Waals surface area contributed by atoms with Crippen LogP contribution in [-0.2, 0) is 6.54 Å². The summed E-state index contributed by atoms with van der Waals surface area (Å²) >= 11 is 1.71. The van der Waals surface area contributed by atoms with Crippen molar-refractivity contribution in [3.8, 4) is 0 Å². The van der Waals surface area contributed by atoms with Crippen molar-refractivity contribution in [2.75, 3.05) is 6.54 Å². The number of aryl methyl sites for hydroxylation is 1. The molecule has 0 aliphatic rings. The molecule has 5 heteroatoms. The van der Waals surface area contributed by atoms with Crippen molar-refractivity contribution in [1.29, 1.82) is 0 Å². The molecule has 0 fully saturated rings. The van der Waals surface area contributed by atoms with E-state index in [2.05, 4.69) is 62.2 Å². The van der Waals surface area contributed by atoms with E-state index in [4.69, 9.17) is 0 Å². The van der Waals surface area contributed by atoms with Gasteiger partial charge in [0, 0.05) is 23.7 Å². The van der Waals surface area contributed by atoms with Crippen molar-refractivity contribution in [3.63, 3.8) is 0 Å². The van der Waals surface area contributed by atoms with Gasteiger partial charge in [0.2, 0.25) is 0 Å². The van der Waals surface area contributed by atoms with E-state index >= 15 is 0 Å². The number of rotatable bonds is 6. The normalized spacial score (nSPS) is 14.1.